The van der Waals surface area contributed by atoms with E-state index in [1.807, 2.05) is 31.2 Å². The zero-order valence-corrected chi connectivity index (χ0v) is 19.3. The van der Waals surface area contributed by atoms with Gasteiger partial charge in [0, 0.05) is 5.57 Å². The first kappa shape index (κ1) is 23.5. The van der Waals surface area contributed by atoms with Gasteiger partial charge in [0.2, 0.25) is 0 Å². The van der Waals surface area contributed by atoms with Gasteiger partial charge in [0.05, 0.1) is 6.61 Å². The van der Waals surface area contributed by atoms with Gasteiger partial charge in [-0.15, -0.1) is 0 Å². The zero-order valence-electron chi connectivity index (χ0n) is 19.3. The van der Waals surface area contributed by atoms with Crippen molar-refractivity contribution in [3.8, 4) is 22.3 Å². The highest BCUT2D eigenvalue weighted by atomic mass is 16.5. The van der Waals surface area contributed by atoms with E-state index in [-0.39, 0.29) is 5.97 Å². The molecule has 0 saturated carbocycles. The van der Waals surface area contributed by atoms with Crippen LogP contribution in [0.4, 0.5) is 0 Å². The summed E-state index contributed by atoms with van der Waals surface area (Å²) in [5.74, 6) is -0.223. The molecule has 0 unspecified atom stereocenters. The summed E-state index contributed by atoms with van der Waals surface area (Å²) in [5.41, 5.74) is 6.40. The van der Waals surface area contributed by atoms with E-state index in [4.69, 9.17) is 4.74 Å². The van der Waals surface area contributed by atoms with Gasteiger partial charge in [-0.25, -0.2) is 4.79 Å². The van der Waals surface area contributed by atoms with Gasteiger partial charge in [0.15, 0.2) is 0 Å². The number of rotatable bonds is 11. The van der Waals surface area contributed by atoms with Gasteiger partial charge in [-0.2, -0.15) is 0 Å². The fraction of sp³-hybridized carbons (Fsp3) is 0.300. The Kier molecular flexibility index (Phi) is 9.31. The molecule has 3 aromatic rings. The number of hydrogen-bond donors (Lipinski definition) is 0. The largest absolute Gasteiger partial charge is 0.462 e. The minimum Gasteiger partial charge on any atom is -0.462 e. The lowest BCUT2D eigenvalue weighted by molar-refractivity contribution is -0.139. The van der Waals surface area contributed by atoms with Crippen LogP contribution in [0.15, 0.2) is 84.4 Å². The molecule has 0 aliphatic carbocycles. The Balaban J connectivity index is 1.52. The van der Waals surface area contributed by atoms with Crippen LogP contribution in [0.25, 0.3) is 28.3 Å². The molecule has 0 radical (unpaired) electrons. The summed E-state index contributed by atoms with van der Waals surface area (Å²) in [4.78, 5) is 12.2. The van der Waals surface area contributed by atoms with E-state index in [1.54, 1.807) is 0 Å². The van der Waals surface area contributed by atoms with Crippen molar-refractivity contribution in [1.82, 2.24) is 0 Å². The second kappa shape index (κ2) is 12.7. The third-order valence-corrected chi connectivity index (χ3v) is 5.67. The van der Waals surface area contributed by atoms with Crippen LogP contribution in [0.1, 0.15) is 57.9 Å². The van der Waals surface area contributed by atoms with Crippen molar-refractivity contribution in [2.24, 2.45) is 0 Å². The molecular weight excluding hydrogens is 392 g/mol. The summed E-state index contributed by atoms with van der Waals surface area (Å²) in [6.07, 6.45) is 9.01. The van der Waals surface area contributed by atoms with Crippen molar-refractivity contribution in [2.75, 3.05) is 6.61 Å². The molecule has 0 atom stereocenters. The number of esters is 1. The molecule has 0 N–H and O–H groups in total. The van der Waals surface area contributed by atoms with Crippen molar-refractivity contribution in [1.29, 1.82) is 0 Å². The first-order chi connectivity index (χ1) is 15.7. The van der Waals surface area contributed by atoms with Crippen LogP contribution >= 0.6 is 0 Å². The second-order valence-electron chi connectivity index (χ2n) is 8.30. The lowest BCUT2D eigenvalue weighted by atomic mass is 9.99. The summed E-state index contributed by atoms with van der Waals surface area (Å²) in [6.45, 7) is 4.54. The fourth-order valence-electron chi connectivity index (χ4n) is 3.73. The molecule has 2 heteroatoms. The Hall–Kier alpha value is -3.13. The van der Waals surface area contributed by atoms with Crippen molar-refractivity contribution >= 4 is 12.0 Å². The molecular formula is C30H34O2. The molecule has 2 nitrogen and oxygen atoms in total. The summed E-state index contributed by atoms with van der Waals surface area (Å²) in [5, 5.41) is 0. The van der Waals surface area contributed by atoms with Gasteiger partial charge in [-0.05, 0) is 47.2 Å². The minimum absolute atomic E-state index is 0.223. The topological polar surface area (TPSA) is 26.3 Å². The predicted octanol–water partition coefficient (Wildman–Crippen LogP) is 8.33. The van der Waals surface area contributed by atoms with E-state index in [9.17, 15) is 4.79 Å². The molecule has 0 aromatic heterocycles. The normalized spacial score (nSPS) is 11.4. The van der Waals surface area contributed by atoms with Gasteiger partial charge in [0.25, 0.3) is 0 Å². The molecule has 0 aliphatic rings. The Bertz CT molecular complexity index is 983. The van der Waals surface area contributed by atoms with Crippen LogP contribution in [-0.2, 0) is 9.53 Å². The maximum Gasteiger partial charge on any atom is 0.333 e. The van der Waals surface area contributed by atoms with Gasteiger partial charge in [0.1, 0.15) is 0 Å². The minimum atomic E-state index is -0.223. The number of hydrogen-bond acceptors (Lipinski definition) is 2. The number of unbranched alkanes of at least 4 members (excludes halogenated alkanes) is 5. The van der Waals surface area contributed by atoms with E-state index in [2.05, 4.69) is 67.6 Å². The summed E-state index contributed by atoms with van der Waals surface area (Å²) in [6, 6.07) is 27.3. The van der Waals surface area contributed by atoms with Crippen molar-refractivity contribution in [3.63, 3.8) is 0 Å². The predicted molar refractivity (Wildman–Crippen MR) is 135 cm³/mol. The molecule has 0 saturated heterocycles. The van der Waals surface area contributed by atoms with Crippen LogP contribution in [0.3, 0.4) is 0 Å². The number of carbonyl (C=O) groups excluding carboxylic acids is 1. The highest BCUT2D eigenvalue weighted by Gasteiger charge is 2.06. The van der Waals surface area contributed by atoms with E-state index in [0.29, 0.717) is 12.2 Å². The first-order valence-corrected chi connectivity index (χ1v) is 11.8. The molecule has 3 aromatic carbocycles. The van der Waals surface area contributed by atoms with Gasteiger partial charge in [-0.1, -0.05) is 118 Å². The highest BCUT2D eigenvalue weighted by molar-refractivity contribution is 5.93. The van der Waals surface area contributed by atoms with E-state index >= 15 is 0 Å². The van der Waals surface area contributed by atoms with Crippen LogP contribution < -0.4 is 0 Å². The van der Waals surface area contributed by atoms with Crippen molar-refractivity contribution in [2.45, 2.75) is 52.4 Å². The van der Waals surface area contributed by atoms with Crippen molar-refractivity contribution in [3.05, 3.63) is 90.0 Å². The van der Waals surface area contributed by atoms with Crippen LogP contribution in [0, 0.1) is 0 Å². The Morgan fingerprint density at radius 1 is 0.688 bits per heavy atom. The number of ether oxygens (including phenoxy) is 1. The van der Waals surface area contributed by atoms with E-state index < -0.39 is 0 Å². The molecule has 0 aliphatic heterocycles. The Morgan fingerprint density at radius 3 is 1.78 bits per heavy atom. The summed E-state index contributed by atoms with van der Waals surface area (Å²) >= 11 is 0. The molecule has 0 heterocycles. The monoisotopic (exact) mass is 426 g/mol. The summed E-state index contributed by atoms with van der Waals surface area (Å²) < 4.78 is 5.42. The molecule has 3 rings (SSSR count). The molecule has 0 amide bonds. The second-order valence-corrected chi connectivity index (χ2v) is 8.30. The van der Waals surface area contributed by atoms with Crippen LogP contribution in [0.5, 0.6) is 0 Å². The van der Waals surface area contributed by atoms with E-state index in [1.165, 1.54) is 42.4 Å². The van der Waals surface area contributed by atoms with Gasteiger partial charge >= 0.3 is 5.97 Å². The van der Waals surface area contributed by atoms with Crippen LogP contribution in [0.2, 0.25) is 0 Å². The lowest BCUT2D eigenvalue weighted by Crippen LogP contribution is -2.07. The summed E-state index contributed by atoms with van der Waals surface area (Å²) in [7, 11) is 0. The smallest absolute Gasteiger partial charge is 0.333 e. The van der Waals surface area contributed by atoms with Crippen molar-refractivity contribution < 1.29 is 9.53 Å². The van der Waals surface area contributed by atoms with Gasteiger partial charge in [-0.3, -0.25) is 0 Å². The van der Waals surface area contributed by atoms with E-state index in [0.717, 1.165) is 24.0 Å². The van der Waals surface area contributed by atoms with Crippen LogP contribution in [-0.4, -0.2) is 12.6 Å². The average molecular weight is 427 g/mol. The molecule has 32 heavy (non-hydrogen) atoms. The third-order valence-electron chi connectivity index (χ3n) is 5.67. The standard InChI is InChI=1S/C30H34O2/c1-3-4-5-6-7-11-22-32-30(31)24(2)23-25-14-16-27(17-15-25)29-20-18-28(19-21-29)26-12-9-8-10-13-26/h8-10,12-21,23H,3-7,11,22H2,1-2H3/b24-23+. The Labute approximate surface area is 193 Å². The molecule has 0 spiro atoms. The fourth-order valence-corrected chi connectivity index (χ4v) is 3.73. The molecule has 166 valence electrons. The average Bonchev–Trinajstić information content (AvgIpc) is 2.84. The quantitative estimate of drug-likeness (QED) is 0.175. The number of carbonyl (C=O) groups is 1. The Morgan fingerprint density at radius 2 is 1.19 bits per heavy atom. The maximum atomic E-state index is 12.2. The maximum absolute atomic E-state index is 12.2. The first-order valence-electron chi connectivity index (χ1n) is 11.8. The number of benzene rings is 3. The molecule has 0 bridgehead atoms. The lowest BCUT2D eigenvalue weighted by Gasteiger charge is -2.07. The third kappa shape index (κ3) is 7.23. The highest BCUT2D eigenvalue weighted by Crippen LogP contribution is 2.25. The SMILES string of the molecule is CCCCCCCCOC(=O)/C(C)=C/c1ccc(-c2ccc(-c3ccccc3)cc2)cc1. The zero-order chi connectivity index (χ0) is 22.6. The van der Waals surface area contributed by atoms with Gasteiger partial charge < -0.3 is 4.74 Å². The molecule has 0 fully saturated rings.